The van der Waals surface area contributed by atoms with Crippen LogP contribution in [0.1, 0.15) is 4.88 Å². The molecule has 0 radical (unpaired) electrons. The molecule has 0 aliphatic rings. The summed E-state index contributed by atoms with van der Waals surface area (Å²) in [5.74, 6) is 0. The topological polar surface area (TPSA) is 52.5 Å². The zero-order valence-corrected chi connectivity index (χ0v) is 6.93. The first kappa shape index (κ1) is 7.07. The lowest BCUT2D eigenvalue weighted by molar-refractivity contribution is 1.10. The van der Waals surface area contributed by atoms with Crippen molar-refractivity contribution < 1.29 is 0 Å². The van der Waals surface area contributed by atoms with Gasteiger partial charge in [-0.1, -0.05) is 0 Å². The third-order valence-corrected chi connectivity index (χ3v) is 2.51. The fraction of sp³-hybridized carbons (Fsp3) is 0. The van der Waals surface area contributed by atoms with Gasteiger partial charge in [0.15, 0.2) is 0 Å². The van der Waals surface area contributed by atoms with Crippen molar-refractivity contribution in [2.45, 2.75) is 0 Å². The summed E-state index contributed by atoms with van der Waals surface area (Å²) < 4.78 is 0. The fourth-order valence-corrected chi connectivity index (χ4v) is 1.71. The van der Waals surface area contributed by atoms with E-state index in [1.165, 1.54) is 11.3 Å². The van der Waals surface area contributed by atoms with E-state index in [4.69, 9.17) is 5.26 Å². The van der Waals surface area contributed by atoms with Crippen LogP contribution in [0.5, 0.6) is 0 Å². The van der Waals surface area contributed by atoms with Crippen LogP contribution in [0.15, 0.2) is 24.4 Å². The second kappa shape index (κ2) is 2.80. The van der Waals surface area contributed by atoms with E-state index in [9.17, 15) is 0 Å². The highest BCUT2D eigenvalue weighted by Gasteiger charge is 2.01. The molecule has 0 unspecified atom stereocenters. The number of nitrogens with one attached hydrogen (secondary N) is 1. The van der Waals surface area contributed by atoms with Crippen LogP contribution >= 0.6 is 11.3 Å². The van der Waals surface area contributed by atoms with E-state index in [1.807, 2.05) is 12.1 Å². The molecule has 0 atom stereocenters. The molecule has 0 aromatic carbocycles. The lowest BCUT2D eigenvalue weighted by Crippen LogP contribution is -1.69. The van der Waals surface area contributed by atoms with E-state index in [0.717, 1.165) is 15.4 Å². The molecule has 0 bridgehead atoms. The van der Waals surface area contributed by atoms with Crippen LogP contribution < -0.4 is 0 Å². The number of nitriles is 1. The molecule has 2 aromatic rings. The summed E-state index contributed by atoms with van der Waals surface area (Å²) in [6.45, 7) is 0. The Balaban J connectivity index is 2.44. The van der Waals surface area contributed by atoms with Gasteiger partial charge in [0.25, 0.3) is 0 Å². The smallest absolute Gasteiger partial charge is 0.110 e. The van der Waals surface area contributed by atoms with Crippen LogP contribution in [0.4, 0.5) is 0 Å². The van der Waals surface area contributed by atoms with Crippen molar-refractivity contribution in [2.24, 2.45) is 0 Å². The molecule has 0 aliphatic heterocycles. The maximum absolute atomic E-state index is 8.58. The van der Waals surface area contributed by atoms with Gasteiger partial charge < -0.3 is 0 Å². The maximum Gasteiger partial charge on any atom is 0.110 e. The number of aromatic amines is 1. The Labute approximate surface area is 73.3 Å². The summed E-state index contributed by atoms with van der Waals surface area (Å²) in [6, 6.07) is 7.70. The summed E-state index contributed by atoms with van der Waals surface area (Å²) >= 11 is 1.46. The fourth-order valence-electron chi connectivity index (χ4n) is 0.936. The van der Waals surface area contributed by atoms with Crippen molar-refractivity contribution >= 4 is 11.3 Å². The van der Waals surface area contributed by atoms with E-state index in [0.29, 0.717) is 0 Å². The molecule has 1 N–H and O–H groups in total. The molecule has 2 aromatic heterocycles. The number of nitrogens with zero attached hydrogens (tertiary/aromatic N) is 2. The predicted molar refractivity (Wildman–Crippen MR) is 46.6 cm³/mol. The summed E-state index contributed by atoms with van der Waals surface area (Å²) in [5.41, 5.74) is 0.960. The van der Waals surface area contributed by atoms with Crippen LogP contribution in [0.3, 0.4) is 0 Å². The van der Waals surface area contributed by atoms with Crippen LogP contribution in [0, 0.1) is 11.3 Å². The molecule has 4 heteroatoms. The van der Waals surface area contributed by atoms with Gasteiger partial charge in [-0.3, -0.25) is 5.10 Å². The first-order valence-corrected chi connectivity index (χ1v) is 4.21. The average Bonchev–Trinajstić information content (AvgIpc) is 2.75. The van der Waals surface area contributed by atoms with Gasteiger partial charge in [-0.15, -0.1) is 11.3 Å². The molecule has 12 heavy (non-hydrogen) atoms. The van der Waals surface area contributed by atoms with E-state index >= 15 is 0 Å². The molecular weight excluding hydrogens is 170 g/mol. The third kappa shape index (κ3) is 1.11. The Bertz CT molecular complexity index is 408. The molecule has 0 saturated carbocycles. The number of hydrogen-bond acceptors (Lipinski definition) is 3. The standard InChI is InChI=1S/C8H5N3S/c9-5-6-1-2-8(12-6)7-3-4-10-11-7/h1-4H,(H,10,11). The summed E-state index contributed by atoms with van der Waals surface area (Å²) in [4.78, 5) is 1.77. The molecule has 0 aliphatic carbocycles. The monoisotopic (exact) mass is 175 g/mol. The highest BCUT2D eigenvalue weighted by Crippen LogP contribution is 2.25. The van der Waals surface area contributed by atoms with Crippen molar-refractivity contribution in [3.8, 4) is 16.6 Å². The van der Waals surface area contributed by atoms with E-state index < -0.39 is 0 Å². The second-order valence-electron chi connectivity index (χ2n) is 2.25. The molecule has 0 amide bonds. The molecule has 2 rings (SSSR count). The number of aromatic nitrogens is 2. The Morgan fingerprint density at radius 2 is 2.33 bits per heavy atom. The van der Waals surface area contributed by atoms with E-state index in [-0.39, 0.29) is 0 Å². The lowest BCUT2D eigenvalue weighted by Gasteiger charge is -1.85. The normalized spacial score (nSPS) is 9.58. The van der Waals surface area contributed by atoms with Crippen LogP contribution in [0.2, 0.25) is 0 Å². The van der Waals surface area contributed by atoms with Gasteiger partial charge in [-0.25, -0.2) is 0 Å². The van der Waals surface area contributed by atoms with Gasteiger partial charge in [0.2, 0.25) is 0 Å². The molecule has 0 fully saturated rings. The van der Waals surface area contributed by atoms with Crippen LogP contribution in [-0.2, 0) is 0 Å². The minimum absolute atomic E-state index is 0.722. The molecule has 0 saturated heterocycles. The summed E-state index contributed by atoms with van der Waals surface area (Å²) in [6.07, 6.45) is 1.70. The van der Waals surface area contributed by atoms with Crippen LogP contribution in [0.25, 0.3) is 10.6 Å². The van der Waals surface area contributed by atoms with Crippen molar-refractivity contribution in [1.29, 1.82) is 5.26 Å². The van der Waals surface area contributed by atoms with Gasteiger partial charge in [-0.05, 0) is 18.2 Å². The Hall–Kier alpha value is -1.60. The van der Waals surface area contributed by atoms with Crippen molar-refractivity contribution in [3.05, 3.63) is 29.3 Å². The second-order valence-corrected chi connectivity index (χ2v) is 3.33. The molecular formula is C8H5N3S. The summed E-state index contributed by atoms with van der Waals surface area (Å²) in [7, 11) is 0. The number of hydrogen-bond donors (Lipinski definition) is 1. The highest BCUT2D eigenvalue weighted by molar-refractivity contribution is 7.15. The Morgan fingerprint density at radius 3 is 2.92 bits per heavy atom. The quantitative estimate of drug-likeness (QED) is 0.720. The zero-order valence-electron chi connectivity index (χ0n) is 6.11. The number of rotatable bonds is 1. The Morgan fingerprint density at radius 1 is 1.42 bits per heavy atom. The molecule has 0 spiro atoms. The van der Waals surface area contributed by atoms with Gasteiger partial charge >= 0.3 is 0 Å². The van der Waals surface area contributed by atoms with E-state index in [1.54, 1.807) is 12.3 Å². The molecule has 58 valence electrons. The zero-order chi connectivity index (χ0) is 8.39. The van der Waals surface area contributed by atoms with Crippen LogP contribution in [-0.4, -0.2) is 10.2 Å². The van der Waals surface area contributed by atoms with Crippen molar-refractivity contribution in [2.75, 3.05) is 0 Å². The third-order valence-electron chi connectivity index (χ3n) is 1.48. The van der Waals surface area contributed by atoms with Gasteiger partial charge in [0.05, 0.1) is 10.6 Å². The molecule has 2 heterocycles. The minimum Gasteiger partial charge on any atom is -0.277 e. The maximum atomic E-state index is 8.58. The van der Waals surface area contributed by atoms with Gasteiger partial charge in [0, 0.05) is 6.20 Å². The first-order chi connectivity index (χ1) is 5.90. The van der Waals surface area contributed by atoms with E-state index in [2.05, 4.69) is 16.3 Å². The van der Waals surface area contributed by atoms with Crippen molar-refractivity contribution in [1.82, 2.24) is 10.2 Å². The largest absolute Gasteiger partial charge is 0.277 e. The predicted octanol–water partition coefficient (Wildman–Crippen LogP) is 2.01. The number of thiophene rings is 1. The van der Waals surface area contributed by atoms with Crippen molar-refractivity contribution in [3.63, 3.8) is 0 Å². The lowest BCUT2D eigenvalue weighted by atomic mass is 10.3. The summed E-state index contributed by atoms with van der Waals surface area (Å²) in [5, 5.41) is 15.3. The average molecular weight is 175 g/mol. The first-order valence-electron chi connectivity index (χ1n) is 3.40. The molecule has 3 nitrogen and oxygen atoms in total. The minimum atomic E-state index is 0.722. The number of H-pyrrole nitrogens is 1. The van der Waals surface area contributed by atoms with Gasteiger partial charge in [-0.2, -0.15) is 10.4 Å². The van der Waals surface area contributed by atoms with Gasteiger partial charge in [0.1, 0.15) is 10.9 Å². The Kier molecular flexibility index (Phi) is 1.65. The SMILES string of the molecule is N#Cc1ccc(-c2ccn[nH]2)s1. The highest BCUT2D eigenvalue weighted by atomic mass is 32.1.